The number of aliphatic hydroxyl groups excluding tert-OH is 1. The second kappa shape index (κ2) is 6.10. The van der Waals surface area contributed by atoms with Crippen molar-refractivity contribution in [1.82, 2.24) is 14.5 Å². The fourth-order valence-corrected chi connectivity index (χ4v) is 5.56. The van der Waals surface area contributed by atoms with Crippen molar-refractivity contribution in [3.8, 4) is 0 Å². The number of rotatable bonds is 3. The van der Waals surface area contributed by atoms with Gasteiger partial charge in [-0.1, -0.05) is 18.6 Å². The highest BCUT2D eigenvalue weighted by molar-refractivity contribution is 5.76. The summed E-state index contributed by atoms with van der Waals surface area (Å²) in [4.78, 5) is 7.41. The van der Waals surface area contributed by atoms with Crippen LogP contribution in [0.1, 0.15) is 44.0 Å². The third kappa shape index (κ3) is 2.70. The smallest absolute Gasteiger partial charge is 0.107 e. The lowest BCUT2D eigenvalue weighted by Gasteiger charge is -2.36. The first kappa shape index (κ1) is 15.8. The van der Waals surface area contributed by atoms with Crippen molar-refractivity contribution in [2.75, 3.05) is 19.6 Å². The molecular weight excluding hydrogens is 310 g/mol. The molecule has 3 aliphatic rings. The van der Waals surface area contributed by atoms with E-state index in [1.807, 2.05) is 6.07 Å². The number of fused-ring (bicyclic) bond motifs is 2. The Balaban J connectivity index is 1.37. The van der Waals surface area contributed by atoms with E-state index in [4.69, 9.17) is 4.98 Å². The van der Waals surface area contributed by atoms with Gasteiger partial charge in [0.25, 0.3) is 0 Å². The minimum Gasteiger partial charge on any atom is -0.391 e. The Kier molecular flexibility index (Phi) is 3.86. The molecule has 2 aromatic rings. The molecule has 2 saturated carbocycles. The maximum atomic E-state index is 10.9. The lowest BCUT2D eigenvalue weighted by molar-refractivity contribution is 0.0366. The Hall–Kier alpha value is -1.39. The van der Waals surface area contributed by atoms with Gasteiger partial charge in [0.05, 0.1) is 23.2 Å². The summed E-state index contributed by atoms with van der Waals surface area (Å²) < 4.78 is 2.31. The molecule has 25 heavy (non-hydrogen) atoms. The van der Waals surface area contributed by atoms with Gasteiger partial charge in [-0.05, 0) is 62.5 Å². The summed E-state index contributed by atoms with van der Waals surface area (Å²) in [5.74, 6) is 3.39. The van der Waals surface area contributed by atoms with Crippen LogP contribution >= 0.6 is 0 Å². The standard InChI is InChI=1S/C21H29N3O/c1-14-22-18-7-2-3-8-19(18)24(14)20-9-16-12-23(11-15-5-4-6-15)13-17(16)10-21(20)25/h2-3,7-8,15-17,20-21,25H,4-6,9-13H2,1H3/t16-,17+,20-,21-/m0/s1. The summed E-state index contributed by atoms with van der Waals surface area (Å²) in [5.41, 5.74) is 2.22. The Morgan fingerprint density at radius 2 is 1.88 bits per heavy atom. The van der Waals surface area contributed by atoms with Crippen LogP contribution in [-0.4, -0.2) is 45.3 Å². The van der Waals surface area contributed by atoms with Crippen molar-refractivity contribution >= 4 is 11.0 Å². The predicted molar refractivity (Wildman–Crippen MR) is 99.5 cm³/mol. The van der Waals surface area contributed by atoms with E-state index in [9.17, 15) is 5.11 Å². The number of benzene rings is 1. The van der Waals surface area contributed by atoms with Gasteiger partial charge in [0.1, 0.15) is 5.82 Å². The molecule has 0 spiro atoms. The Labute approximate surface area is 149 Å². The molecule has 4 nitrogen and oxygen atoms in total. The molecule has 0 radical (unpaired) electrons. The number of para-hydroxylation sites is 2. The zero-order valence-corrected chi connectivity index (χ0v) is 15.1. The van der Waals surface area contributed by atoms with Crippen LogP contribution in [0, 0.1) is 24.7 Å². The predicted octanol–water partition coefficient (Wildman–Crippen LogP) is 3.39. The normalized spacial score (nSPS) is 33.5. The molecule has 1 saturated heterocycles. The summed E-state index contributed by atoms with van der Waals surface area (Å²) in [6.45, 7) is 5.81. The SMILES string of the molecule is Cc1nc2ccccc2n1[C@H]1C[C@H]2CN(CC3CCC3)C[C@H]2C[C@@H]1O. The van der Waals surface area contributed by atoms with Gasteiger partial charge in [-0.15, -0.1) is 0 Å². The van der Waals surface area contributed by atoms with Gasteiger partial charge >= 0.3 is 0 Å². The van der Waals surface area contributed by atoms with Crippen molar-refractivity contribution in [1.29, 1.82) is 0 Å². The molecule has 1 aromatic heterocycles. The highest BCUT2D eigenvalue weighted by Crippen LogP contribution is 2.43. The summed E-state index contributed by atoms with van der Waals surface area (Å²) in [6, 6.07) is 8.52. The number of imidazole rings is 1. The zero-order valence-electron chi connectivity index (χ0n) is 15.1. The molecule has 0 bridgehead atoms. The van der Waals surface area contributed by atoms with Crippen LogP contribution in [0.3, 0.4) is 0 Å². The molecule has 0 amide bonds. The van der Waals surface area contributed by atoms with E-state index in [1.165, 1.54) is 44.4 Å². The average Bonchev–Trinajstić information content (AvgIpc) is 3.09. The lowest BCUT2D eigenvalue weighted by Crippen LogP contribution is -2.36. The van der Waals surface area contributed by atoms with Gasteiger partial charge in [0.15, 0.2) is 0 Å². The van der Waals surface area contributed by atoms with Crippen molar-refractivity contribution in [2.24, 2.45) is 17.8 Å². The number of aryl methyl sites for hydroxylation is 1. The summed E-state index contributed by atoms with van der Waals surface area (Å²) in [5, 5.41) is 10.9. The summed E-state index contributed by atoms with van der Waals surface area (Å²) in [6.07, 6.45) is 6.07. The van der Waals surface area contributed by atoms with Gasteiger partial charge in [-0.25, -0.2) is 4.98 Å². The number of aliphatic hydroxyl groups is 1. The molecule has 1 aromatic carbocycles. The number of aromatic nitrogens is 2. The van der Waals surface area contributed by atoms with Crippen molar-refractivity contribution in [3.63, 3.8) is 0 Å². The molecule has 3 fully saturated rings. The van der Waals surface area contributed by atoms with Crippen molar-refractivity contribution < 1.29 is 5.11 Å². The van der Waals surface area contributed by atoms with Crippen LogP contribution in [0.5, 0.6) is 0 Å². The van der Waals surface area contributed by atoms with Crippen LogP contribution < -0.4 is 0 Å². The number of likely N-dealkylation sites (tertiary alicyclic amines) is 1. The van der Waals surface area contributed by atoms with E-state index < -0.39 is 0 Å². The third-order valence-corrected chi connectivity index (χ3v) is 7.03. The minimum absolute atomic E-state index is 0.178. The summed E-state index contributed by atoms with van der Waals surface area (Å²) in [7, 11) is 0. The third-order valence-electron chi connectivity index (χ3n) is 7.03. The van der Waals surface area contributed by atoms with Gasteiger partial charge < -0.3 is 14.6 Å². The van der Waals surface area contributed by atoms with E-state index in [-0.39, 0.29) is 12.1 Å². The zero-order chi connectivity index (χ0) is 17.0. The molecule has 2 heterocycles. The van der Waals surface area contributed by atoms with Crippen molar-refractivity contribution in [2.45, 2.75) is 51.2 Å². The highest BCUT2D eigenvalue weighted by Gasteiger charge is 2.43. The number of hydrogen-bond acceptors (Lipinski definition) is 3. The molecule has 4 heteroatoms. The second-order valence-corrected chi connectivity index (χ2v) is 8.66. The van der Waals surface area contributed by atoms with Gasteiger partial charge in [-0.3, -0.25) is 0 Å². The fraction of sp³-hybridized carbons (Fsp3) is 0.667. The van der Waals surface area contributed by atoms with E-state index in [0.29, 0.717) is 5.92 Å². The molecule has 1 N–H and O–H groups in total. The van der Waals surface area contributed by atoms with E-state index in [0.717, 1.165) is 36.0 Å². The Bertz CT molecular complexity index is 766. The molecular formula is C21H29N3O. The maximum absolute atomic E-state index is 10.9. The maximum Gasteiger partial charge on any atom is 0.107 e. The van der Waals surface area contributed by atoms with Crippen LogP contribution in [0.25, 0.3) is 11.0 Å². The quantitative estimate of drug-likeness (QED) is 0.932. The molecule has 5 rings (SSSR count). The Morgan fingerprint density at radius 3 is 2.64 bits per heavy atom. The van der Waals surface area contributed by atoms with Crippen LogP contribution in [0.2, 0.25) is 0 Å². The molecule has 1 aliphatic heterocycles. The molecule has 2 aliphatic carbocycles. The average molecular weight is 339 g/mol. The van der Waals surface area contributed by atoms with Crippen LogP contribution in [0.15, 0.2) is 24.3 Å². The van der Waals surface area contributed by atoms with E-state index in [1.54, 1.807) is 0 Å². The number of hydrogen-bond donors (Lipinski definition) is 1. The van der Waals surface area contributed by atoms with Gasteiger partial charge in [0.2, 0.25) is 0 Å². The van der Waals surface area contributed by atoms with Crippen LogP contribution in [-0.2, 0) is 0 Å². The first-order valence-electron chi connectivity index (χ1n) is 10.0. The van der Waals surface area contributed by atoms with Gasteiger partial charge in [-0.2, -0.15) is 0 Å². The minimum atomic E-state index is -0.249. The van der Waals surface area contributed by atoms with Crippen LogP contribution in [0.4, 0.5) is 0 Å². The fourth-order valence-electron chi connectivity index (χ4n) is 5.56. The Morgan fingerprint density at radius 1 is 1.12 bits per heavy atom. The van der Waals surface area contributed by atoms with Crippen molar-refractivity contribution in [3.05, 3.63) is 30.1 Å². The monoisotopic (exact) mass is 339 g/mol. The second-order valence-electron chi connectivity index (χ2n) is 8.66. The number of nitrogens with zero attached hydrogens (tertiary/aromatic N) is 3. The highest BCUT2D eigenvalue weighted by atomic mass is 16.3. The molecule has 0 unspecified atom stereocenters. The topological polar surface area (TPSA) is 41.3 Å². The summed E-state index contributed by atoms with van der Waals surface area (Å²) >= 11 is 0. The largest absolute Gasteiger partial charge is 0.391 e. The van der Waals surface area contributed by atoms with E-state index >= 15 is 0 Å². The molecule has 4 atom stereocenters. The van der Waals surface area contributed by atoms with Gasteiger partial charge in [0, 0.05) is 19.6 Å². The first-order chi connectivity index (χ1) is 12.2. The lowest BCUT2D eigenvalue weighted by atomic mass is 9.77. The van der Waals surface area contributed by atoms with E-state index in [2.05, 4.69) is 34.6 Å². The molecule has 134 valence electrons. The first-order valence-corrected chi connectivity index (χ1v) is 10.0.